The Morgan fingerprint density at radius 1 is 1.07 bits per heavy atom. The van der Waals surface area contributed by atoms with E-state index in [0.29, 0.717) is 25.5 Å². The zero-order chi connectivity index (χ0) is 21.1. The number of urea groups is 1. The summed E-state index contributed by atoms with van der Waals surface area (Å²) in [4.78, 5) is 16.5. The molecule has 3 fully saturated rings. The van der Waals surface area contributed by atoms with E-state index < -0.39 is 10.0 Å². The summed E-state index contributed by atoms with van der Waals surface area (Å²) in [6.07, 6.45) is 7.20. The van der Waals surface area contributed by atoms with Gasteiger partial charge < -0.3 is 14.5 Å². The van der Waals surface area contributed by atoms with Crippen molar-refractivity contribution in [2.24, 2.45) is 0 Å². The molecule has 2 aliphatic heterocycles. The van der Waals surface area contributed by atoms with E-state index in [1.54, 1.807) is 0 Å². The lowest BCUT2D eigenvalue weighted by Crippen LogP contribution is -2.55. The highest BCUT2D eigenvalue weighted by molar-refractivity contribution is 7.88. The Balaban J connectivity index is 1.34. The van der Waals surface area contributed by atoms with Crippen molar-refractivity contribution in [1.82, 2.24) is 14.5 Å². The van der Waals surface area contributed by atoms with E-state index in [9.17, 15) is 13.2 Å². The predicted molar refractivity (Wildman–Crippen MR) is 116 cm³/mol. The molecule has 0 bridgehead atoms. The minimum absolute atomic E-state index is 0.0143. The largest absolute Gasteiger partial charge is 0.376 e. The molecule has 1 N–H and O–H groups in total. The maximum atomic E-state index is 12.8. The van der Waals surface area contributed by atoms with E-state index >= 15 is 0 Å². The second-order valence-electron chi connectivity index (χ2n) is 8.89. The Kier molecular flexibility index (Phi) is 6.65. The summed E-state index contributed by atoms with van der Waals surface area (Å²) in [7, 11) is -3.34. The number of nitrogens with one attached hydrogen (secondary N) is 1. The summed E-state index contributed by atoms with van der Waals surface area (Å²) < 4.78 is 32.6. The zero-order valence-electron chi connectivity index (χ0n) is 17.7. The number of likely N-dealkylation sites (tertiary alicyclic amines) is 2. The van der Waals surface area contributed by atoms with Crippen LogP contribution in [0.15, 0.2) is 30.3 Å². The molecule has 3 aliphatic rings. The molecule has 1 aromatic rings. The highest BCUT2D eigenvalue weighted by Crippen LogP contribution is 2.34. The van der Waals surface area contributed by atoms with E-state index in [1.165, 1.54) is 11.8 Å². The summed E-state index contributed by atoms with van der Waals surface area (Å²) in [6.45, 7) is 2.53. The quantitative estimate of drug-likeness (QED) is 0.745. The van der Waals surface area contributed by atoms with E-state index in [4.69, 9.17) is 4.74 Å². The molecule has 7 nitrogen and oxygen atoms in total. The van der Waals surface area contributed by atoms with Gasteiger partial charge in [0, 0.05) is 25.7 Å². The molecule has 2 saturated heterocycles. The predicted octanol–water partition coefficient (Wildman–Crippen LogP) is 2.55. The molecule has 4 rings (SSSR count). The van der Waals surface area contributed by atoms with Gasteiger partial charge in [-0.05, 0) is 50.0 Å². The van der Waals surface area contributed by atoms with Gasteiger partial charge in [-0.15, -0.1) is 0 Å². The number of carbonyl (C=O) groups is 1. The van der Waals surface area contributed by atoms with Gasteiger partial charge in [-0.2, -0.15) is 0 Å². The Bertz CT molecular complexity index is 820. The molecule has 30 heavy (non-hydrogen) atoms. The lowest BCUT2D eigenvalue weighted by molar-refractivity contribution is -0.00404. The number of carbonyl (C=O) groups excluding carboxylic acids is 1. The van der Waals surface area contributed by atoms with Crippen LogP contribution in [0.2, 0.25) is 0 Å². The van der Waals surface area contributed by atoms with E-state index in [-0.39, 0.29) is 24.2 Å². The number of sulfonamides is 1. The fraction of sp³-hybridized carbons (Fsp3) is 0.682. The number of amides is 2. The summed E-state index contributed by atoms with van der Waals surface area (Å²) in [5.74, 6) is 0.585. The molecule has 166 valence electrons. The average molecular weight is 436 g/mol. The fourth-order valence-electron chi connectivity index (χ4n) is 4.92. The monoisotopic (exact) mass is 435 g/mol. The number of rotatable bonds is 6. The summed E-state index contributed by atoms with van der Waals surface area (Å²) in [6, 6.07) is 10.1. The SMILES string of the molecule is CS(=O)(=O)NC1CCN(C(=O)N2CCC2)C1CO[C@H]1CC[C@@H](c2ccccc2)CC1. The maximum Gasteiger partial charge on any atom is 0.320 e. The first-order chi connectivity index (χ1) is 14.4. The zero-order valence-corrected chi connectivity index (χ0v) is 18.5. The van der Waals surface area contributed by atoms with E-state index in [0.717, 1.165) is 45.2 Å². The highest BCUT2D eigenvalue weighted by atomic mass is 32.2. The minimum atomic E-state index is -3.34. The second kappa shape index (κ2) is 9.24. The molecule has 8 heteroatoms. The third-order valence-electron chi connectivity index (χ3n) is 6.73. The molecule has 1 saturated carbocycles. The van der Waals surface area contributed by atoms with Crippen LogP contribution in [-0.2, 0) is 14.8 Å². The van der Waals surface area contributed by atoms with Gasteiger partial charge in [0.2, 0.25) is 10.0 Å². The van der Waals surface area contributed by atoms with Gasteiger partial charge in [0.15, 0.2) is 0 Å². The van der Waals surface area contributed by atoms with Crippen LogP contribution in [0.3, 0.4) is 0 Å². The normalized spacial score (nSPS) is 29.6. The van der Waals surface area contributed by atoms with E-state index in [1.807, 2.05) is 15.9 Å². The van der Waals surface area contributed by atoms with Crippen molar-refractivity contribution < 1.29 is 17.9 Å². The van der Waals surface area contributed by atoms with Crippen LogP contribution in [0, 0.1) is 0 Å². The van der Waals surface area contributed by atoms with Crippen molar-refractivity contribution in [1.29, 1.82) is 0 Å². The molecule has 0 radical (unpaired) electrons. The standard InChI is InChI=1S/C22H33N3O4S/c1-30(27,28)23-20-12-15-25(22(26)24-13-5-14-24)21(20)16-29-19-10-8-18(9-11-19)17-6-3-2-4-7-17/h2-4,6-7,18-21,23H,5,8-16H2,1H3/t18-,19+,20?,21?. The first kappa shape index (κ1) is 21.6. The Morgan fingerprint density at radius 2 is 1.77 bits per heavy atom. The topological polar surface area (TPSA) is 79.0 Å². The highest BCUT2D eigenvalue weighted by Gasteiger charge is 2.41. The summed E-state index contributed by atoms with van der Waals surface area (Å²) in [5.41, 5.74) is 1.40. The Labute approximate surface area is 179 Å². The van der Waals surface area contributed by atoms with Gasteiger partial charge >= 0.3 is 6.03 Å². The maximum absolute atomic E-state index is 12.8. The van der Waals surface area contributed by atoms with Crippen LogP contribution in [0.4, 0.5) is 4.79 Å². The number of hydrogen-bond acceptors (Lipinski definition) is 4. The smallest absolute Gasteiger partial charge is 0.320 e. The van der Waals surface area contributed by atoms with Crippen LogP contribution in [0.25, 0.3) is 0 Å². The van der Waals surface area contributed by atoms with Crippen LogP contribution >= 0.6 is 0 Å². The van der Waals surface area contributed by atoms with Crippen molar-refractivity contribution in [3.8, 4) is 0 Å². The molecule has 1 aliphatic carbocycles. The lowest BCUT2D eigenvalue weighted by Gasteiger charge is -2.38. The van der Waals surface area contributed by atoms with Crippen molar-refractivity contribution >= 4 is 16.1 Å². The molecule has 2 amide bonds. The molecule has 2 atom stereocenters. The second-order valence-corrected chi connectivity index (χ2v) is 10.7. The first-order valence-electron chi connectivity index (χ1n) is 11.1. The minimum Gasteiger partial charge on any atom is -0.376 e. The van der Waals surface area contributed by atoms with Gasteiger partial charge in [-0.25, -0.2) is 17.9 Å². The van der Waals surface area contributed by atoms with E-state index in [2.05, 4.69) is 29.0 Å². The fourth-order valence-corrected chi connectivity index (χ4v) is 5.75. The van der Waals surface area contributed by atoms with Crippen molar-refractivity contribution in [3.05, 3.63) is 35.9 Å². The van der Waals surface area contributed by atoms with Gasteiger partial charge in [0.25, 0.3) is 0 Å². The molecular weight excluding hydrogens is 402 g/mol. The number of hydrogen-bond donors (Lipinski definition) is 1. The van der Waals surface area contributed by atoms with Crippen molar-refractivity contribution in [3.63, 3.8) is 0 Å². The lowest BCUT2D eigenvalue weighted by atomic mass is 9.83. The van der Waals surface area contributed by atoms with Gasteiger partial charge in [-0.3, -0.25) is 0 Å². The van der Waals surface area contributed by atoms with Crippen molar-refractivity contribution in [2.45, 2.75) is 62.6 Å². The molecule has 2 heterocycles. The average Bonchev–Trinajstić information content (AvgIpc) is 3.07. The van der Waals surface area contributed by atoms with Gasteiger partial charge in [-0.1, -0.05) is 30.3 Å². The summed E-state index contributed by atoms with van der Waals surface area (Å²) in [5, 5.41) is 0. The molecule has 0 spiro atoms. The molecule has 1 aromatic carbocycles. The van der Waals surface area contributed by atoms with Crippen molar-refractivity contribution in [2.75, 3.05) is 32.5 Å². The molecule has 0 aromatic heterocycles. The Morgan fingerprint density at radius 3 is 2.37 bits per heavy atom. The third kappa shape index (κ3) is 5.15. The van der Waals surface area contributed by atoms with Gasteiger partial charge in [0.05, 0.1) is 25.0 Å². The molecular formula is C22H33N3O4S. The van der Waals surface area contributed by atoms with Gasteiger partial charge in [0.1, 0.15) is 0 Å². The van der Waals surface area contributed by atoms with Crippen LogP contribution in [0.1, 0.15) is 50.0 Å². The molecule has 2 unspecified atom stereocenters. The number of nitrogens with zero attached hydrogens (tertiary/aromatic N) is 2. The first-order valence-corrected chi connectivity index (χ1v) is 13.0. The van der Waals surface area contributed by atoms with Crippen LogP contribution < -0.4 is 4.72 Å². The summed E-state index contributed by atoms with van der Waals surface area (Å²) >= 11 is 0. The Hall–Kier alpha value is -1.64. The van der Waals surface area contributed by atoms with Crippen LogP contribution in [0.5, 0.6) is 0 Å². The number of benzene rings is 1. The van der Waals surface area contributed by atoms with Crippen LogP contribution in [-0.4, -0.2) is 74.9 Å². The number of ether oxygens (including phenoxy) is 1. The third-order valence-corrected chi connectivity index (χ3v) is 7.46.